The van der Waals surface area contributed by atoms with Crippen molar-refractivity contribution in [2.24, 2.45) is 5.73 Å². The predicted molar refractivity (Wildman–Crippen MR) is 122 cm³/mol. The van der Waals surface area contributed by atoms with Crippen molar-refractivity contribution in [1.29, 1.82) is 0 Å². The van der Waals surface area contributed by atoms with Crippen molar-refractivity contribution in [2.75, 3.05) is 6.54 Å². The molecular weight excluding hydrogens is 426 g/mol. The quantitative estimate of drug-likeness (QED) is 0.574. The average molecular weight is 452 g/mol. The Bertz CT molecular complexity index is 1240. The van der Waals surface area contributed by atoms with Crippen molar-refractivity contribution >= 4 is 32.6 Å². The van der Waals surface area contributed by atoms with E-state index in [9.17, 15) is 18.0 Å². The van der Waals surface area contributed by atoms with Gasteiger partial charge in [0, 0.05) is 6.54 Å². The van der Waals surface area contributed by atoms with Crippen molar-refractivity contribution in [1.82, 2.24) is 9.62 Å². The van der Waals surface area contributed by atoms with Gasteiger partial charge >= 0.3 is 0 Å². The van der Waals surface area contributed by atoms with Crippen LogP contribution in [0.1, 0.15) is 18.4 Å². The van der Waals surface area contributed by atoms with Gasteiger partial charge in [-0.1, -0.05) is 60.7 Å². The van der Waals surface area contributed by atoms with Gasteiger partial charge in [-0.25, -0.2) is 8.42 Å². The Morgan fingerprint density at radius 1 is 1.00 bits per heavy atom. The Hall–Kier alpha value is -3.23. The predicted octanol–water partition coefficient (Wildman–Crippen LogP) is 2.21. The monoisotopic (exact) mass is 451 g/mol. The second kappa shape index (κ2) is 9.10. The molecule has 1 heterocycles. The van der Waals surface area contributed by atoms with Crippen LogP contribution in [0, 0.1) is 0 Å². The van der Waals surface area contributed by atoms with Gasteiger partial charge in [-0.2, -0.15) is 4.72 Å². The maximum Gasteiger partial charge on any atom is 0.241 e. The molecule has 3 aromatic rings. The molecule has 3 N–H and O–H groups in total. The number of likely N-dealkylation sites (tertiary alicyclic amines) is 1. The van der Waals surface area contributed by atoms with E-state index in [4.69, 9.17) is 5.73 Å². The molecule has 3 aromatic carbocycles. The summed E-state index contributed by atoms with van der Waals surface area (Å²) < 4.78 is 29.1. The summed E-state index contributed by atoms with van der Waals surface area (Å²) in [6.07, 6.45) is 1.29. The fourth-order valence-corrected chi connectivity index (χ4v) is 5.37. The first-order chi connectivity index (χ1) is 15.3. The van der Waals surface area contributed by atoms with Gasteiger partial charge < -0.3 is 10.6 Å². The fourth-order valence-electron chi connectivity index (χ4n) is 4.15. The highest BCUT2D eigenvalue weighted by Gasteiger charge is 2.37. The van der Waals surface area contributed by atoms with Gasteiger partial charge in [-0.05, 0) is 47.7 Å². The van der Waals surface area contributed by atoms with Crippen LogP contribution in [0.2, 0.25) is 0 Å². The molecule has 0 bridgehead atoms. The minimum atomic E-state index is -4.00. The highest BCUT2D eigenvalue weighted by molar-refractivity contribution is 7.89. The number of nitrogens with two attached hydrogens (primary N) is 1. The summed E-state index contributed by atoms with van der Waals surface area (Å²) in [7, 11) is -4.00. The first-order valence-corrected chi connectivity index (χ1v) is 12.0. The van der Waals surface area contributed by atoms with E-state index in [0.717, 1.165) is 16.3 Å². The van der Waals surface area contributed by atoms with E-state index < -0.39 is 33.9 Å². The summed E-state index contributed by atoms with van der Waals surface area (Å²) in [5.74, 6) is -1.02. The summed E-state index contributed by atoms with van der Waals surface area (Å²) in [6.45, 7) is 0.370. The number of primary amides is 1. The number of benzene rings is 3. The molecule has 0 radical (unpaired) electrons. The number of carbonyl (C=O) groups is 2. The Balaban J connectivity index is 1.65. The number of fused-ring (bicyclic) bond motifs is 1. The molecule has 0 saturated carbocycles. The molecule has 32 heavy (non-hydrogen) atoms. The Morgan fingerprint density at radius 3 is 2.41 bits per heavy atom. The maximum atomic E-state index is 13.4. The van der Waals surface area contributed by atoms with E-state index in [1.807, 2.05) is 54.6 Å². The lowest BCUT2D eigenvalue weighted by atomic mass is 10.1. The molecule has 1 aliphatic rings. The van der Waals surface area contributed by atoms with Gasteiger partial charge in [0.15, 0.2) is 0 Å². The van der Waals surface area contributed by atoms with Gasteiger partial charge in [0.25, 0.3) is 0 Å². The smallest absolute Gasteiger partial charge is 0.241 e. The van der Waals surface area contributed by atoms with E-state index in [-0.39, 0.29) is 11.3 Å². The number of hydrogen-bond acceptors (Lipinski definition) is 4. The molecule has 0 aliphatic carbocycles. The van der Waals surface area contributed by atoms with Crippen molar-refractivity contribution in [3.63, 3.8) is 0 Å². The lowest BCUT2D eigenvalue weighted by Gasteiger charge is -2.28. The van der Waals surface area contributed by atoms with Gasteiger partial charge in [0.1, 0.15) is 12.1 Å². The molecule has 1 saturated heterocycles. The van der Waals surface area contributed by atoms with Gasteiger partial charge in [0.2, 0.25) is 21.8 Å². The first kappa shape index (κ1) is 22.0. The van der Waals surface area contributed by atoms with E-state index in [1.54, 1.807) is 12.1 Å². The Labute approximate surface area is 187 Å². The zero-order chi connectivity index (χ0) is 22.7. The normalized spacial score (nSPS) is 17.4. The summed E-state index contributed by atoms with van der Waals surface area (Å²) in [5.41, 5.74) is 6.29. The third-order valence-corrected chi connectivity index (χ3v) is 7.24. The highest BCUT2D eigenvalue weighted by Crippen LogP contribution is 2.22. The van der Waals surface area contributed by atoms with Crippen LogP contribution in [-0.2, 0) is 26.0 Å². The lowest BCUT2D eigenvalue weighted by Crippen LogP contribution is -2.53. The third kappa shape index (κ3) is 4.66. The number of nitrogens with zero attached hydrogens (tertiary/aromatic N) is 1. The minimum absolute atomic E-state index is 0.0786. The molecule has 1 fully saturated rings. The second-order valence-electron chi connectivity index (χ2n) is 7.96. The van der Waals surface area contributed by atoms with E-state index in [0.29, 0.717) is 19.4 Å². The van der Waals surface area contributed by atoms with Crippen molar-refractivity contribution < 1.29 is 18.0 Å². The highest BCUT2D eigenvalue weighted by atomic mass is 32.2. The SMILES string of the molecule is NC(=O)[C@@H]1CCCN1C(=O)[C@H](Cc1ccccc1)NS(=O)(=O)c1ccc2ccccc2c1. The van der Waals surface area contributed by atoms with Crippen LogP contribution in [0.5, 0.6) is 0 Å². The zero-order valence-corrected chi connectivity index (χ0v) is 18.3. The lowest BCUT2D eigenvalue weighted by molar-refractivity contribution is -0.138. The van der Waals surface area contributed by atoms with Crippen molar-refractivity contribution in [3.8, 4) is 0 Å². The molecule has 2 amide bonds. The number of rotatable bonds is 7. The van der Waals surface area contributed by atoms with Crippen LogP contribution < -0.4 is 10.5 Å². The summed E-state index contributed by atoms with van der Waals surface area (Å²) in [5, 5.41) is 1.71. The van der Waals surface area contributed by atoms with Gasteiger partial charge in [-0.15, -0.1) is 0 Å². The molecule has 166 valence electrons. The van der Waals surface area contributed by atoms with Crippen molar-refractivity contribution in [3.05, 3.63) is 78.4 Å². The Morgan fingerprint density at radius 2 is 1.69 bits per heavy atom. The van der Waals surface area contributed by atoms with Crippen LogP contribution in [0.3, 0.4) is 0 Å². The molecule has 1 aliphatic heterocycles. The number of hydrogen-bond donors (Lipinski definition) is 2. The molecule has 0 unspecified atom stereocenters. The molecule has 8 heteroatoms. The third-order valence-electron chi connectivity index (χ3n) is 5.77. The van der Waals surface area contributed by atoms with Crippen LogP contribution in [0.4, 0.5) is 0 Å². The van der Waals surface area contributed by atoms with Crippen LogP contribution >= 0.6 is 0 Å². The number of sulfonamides is 1. The fraction of sp³-hybridized carbons (Fsp3) is 0.250. The molecule has 7 nitrogen and oxygen atoms in total. The molecular formula is C24H25N3O4S. The summed E-state index contributed by atoms with van der Waals surface area (Å²) >= 11 is 0. The van der Waals surface area contributed by atoms with Crippen LogP contribution in [0.25, 0.3) is 10.8 Å². The topological polar surface area (TPSA) is 110 Å². The largest absolute Gasteiger partial charge is 0.368 e. The summed E-state index contributed by atoms with van der Waals surface area (Å²) in [6, 6.07) is 19.7. The minimum Gasteiger partial charge on any atom is -0.368 e. The number of carbonyl (C=O) groups excluding carboxylic acids is 2. The van der Waals surface area contributed by atoms with Crippen LogP contribution in [-0.4, -0.2) is 43.8 Å². The van der Waals surface area contributed by atoms with E-state index in [1.165, 1.54) is 11.0 Å². The average Bonchev–Trinajstić information content (AvgIpc) is 3.29. The van der Waals surface area contributed by atoms with Gasteiger partial charge in [-0.3, -0.25) is 9.59 Å². The maximum absolute atomic E-state index is 13.4. The van der Waals surface area contributed by atoms with Crippen LogP contribution in [0.15, 0.2) is 77.7 Å². The second-order valence-corrected chi connectivity index (χ2v) is 9.68. The molecule has 0 spiro atoms. The molecule has 4 rings (SSSR count). The molecule has 2 atom stereocenters. The van der Waals surface area contributed by atoms with E-state index in [2.05, 4.69) is 4.72 Å². The summed E-state index contributed by atoms with van der Waals surface area (Å²) in [4.78, 5) is 26.7. The number of nitrogens with one attached hydrogen (secondary N) is 1. The zero-order valence-electron chi connectivity index (χ0n) is 17.5. The first-order valence-electron chi connectivity index (χ1n) is 10.5. The standard InChI is InChI=1S/C24H25N3O4S/c25-23(28)22-11-6-14-27(22)24(29)21(15-17-7-2-1-3-8-17)26-32(30,31)20-13-12-18-9-4-5-10-19(18)16-20/h1-5,7-10,12-13,16,21-22,26H,6,11,14-15H2,(H2,25,28)/t21-,22-/m0/s1. The van der Waals surface area contributed by atoms with Crippen molar-refractivity contribution in [2.45, 2.75) is 36.2 Å². The Kier molecular flexibility index (Phi) is 6.25. The number of amides is 2. The molecule has 0 aromatic heterocycles. The van der Waals surface area contributed by atoms with E-state index >= 15 is 0 Å². The van der Waals surface area contributed by atoms with Gasteiger partial charge in [0.05, 0.1) is 4.90 Å².